The van der Waals surface area contributed by atoms with E-state index < -0.39 is 67.2 Å². The lowest BCUT2D eigenvalue weighted by atomic mass is 9.96. The number of urea groups is 1. The number of nitrogens with zero attached hydrogens (tertiary/aromatic N) is 3. The van der Waals surface area contributed by atoms with Crippen LogP contribution in [0, 0.1) is 4.91 Å². The van der Waals surface area contributed by atoms with Crippen LogP contribution in [0.4, 0.5) is 4.79 Å². The summed E-state index contributed by atoms with van der Waals surface area (Å²) in [4.78, 5) is 72.5. The Morgan fingerprint density at radius 1 is 0.889 bits per heavy atom. The van der Waals surface area contributed by atoms with Crippen molar-refractivity contribution in [3.8, 4) is 0 Å². The molecule has 16 nitrogen and oxygen atoms in total. The van der Waals surface area contributed by atoms with Crippen LogP contribution < -0.4 is 5.32 Å². The van der Waals surface area contributed by atoms with Crippen molar-refractivity contribution in [3.63, 3.8) is 0 Å². The molecule has 5 unspecified atom stereocenters. The maximum atomic E-state index is 12.8. The Morgan fingerprint density at radius 2 is 1.47 bits per heavy atom. The van der Waals surface area contributed by atoms with Crippen LogP contribution in [-0.4, -0.2) is 115 Å². The third-order valence-corrected chi connectivity index (χ3v) is 4.78. The van der Waals surface area contributed by atoms with Gasteiger partial charge in [0.05, 0.1) is 18.4 Å². The summed E-state index contributed by atoms with van der Waals surface area (Å²) in [6.45, 7) is 3.96. The van der Waals surface area contributed by atoms with Gasteiger partial charge in [-0.3, -0.25) is 19.2 Å². The van der Waals surface area contributed by atoms with Crippen molar-refractivity contribution in [3.05, 3.63) is 4.91 Å². The van der Waals surface area contributed by atoms with Crippen molar-refractivity contribution in [1.82, 2.24) is 15.2 Å². The minimum absolute atomic E-state index is 0.142. The van der Waals surface area contributed by atoms with Gasteiger partial charge in [0, 0.05) is 40.8 Å². The summed E-state index contributed by atoms with van der Waals surface area (Å²) >= 11 is 0. The van der Waals surface area contributed by atoms with Gasteiger partial charge in [0.2, 0.25) is 6.29 Å². The summed E-state index contributed by atoms with van der Waals surface area (Å²) < 4.78 is 26.3. The van der Waals surface area contributed by atoms with Crippen LogP contribution >= 0.6 is 0 Å². The van der Waals surface area contributed by atoms with Gasteiger partial charge in [0.15, 0.2) is 12.2 Å². The van der Waals surface area contributed by atoms with E-state index in [9.17, 15) is 28.9 Å². The highest BCUT2D eigenvalue weighted by molar-refractivity contribution is 5.75. The predicted octanol–water partition coefficient (Wildman–Crippen LogP) is -1.31. The highest BCUT2D eigenvalue weighted by atomic mass is 16.7. The molecule has 2 amide bonds. The molecule has 0 aromatic rings. The zero-order chi connectivity index (χ0) is 27.4. The second kappa shape index (κ2) is 14.9. The fourth-order valence-electron chi connectivity index (χ4n) is 3.26. The zero-order valence-corrected chi connectivity index (χ0v) is 20.7. The molecule has 1 heterocycles. The number of carbonyl (C=O) groups excluding carboxylic acids is 5. The van der Waals surface area contributed by atoms with Gasteiger partial charge in [0.25, 0.3) is 0 Å². The van der Waals surface area contributed by atoms with Crippen molar-refractivity contribution in [2.75, 3.05) is 39.9 Å². The van der Waals surface area contributed by atoms with Crippen molar-refractivity contribution in [2.24, 2.45) is 5.29 Å². The summed E-state index contributed by atoms with van der Waals surface area (Å²) in [7, 11) is 1.65. The van der Waals surface area contributed by atoms with E-state index in [0.29, 0.717) is 5.01 Å². The van der Waals surface area contributed by atoms with Gasteiger partial charge in [-0.2, -0.15) is 5.01 Å². The van der Waals surface area contributed by atoms with Crippen LogP contribution in [0.15, 0.2) is 5.29 Å². The monoisotopic (exact) mass is 520 g/mol. The fourth-order valence-corrected chi connectivity index (χ4v) is 3.26. The molecule has 16 heteroatoms. The van der Waals surface area contributed by atoms with Crippen LogP contribution in [-0.2, 0) is 42.9 Å². The van der Waals surface area contributed by atoms with E-state index in [1.165, 1.54) is 0 Å². The van der Waals surface area contributed by atoms with Gasteiger partial charge >= 0.3 is 29.9 Å². The number of amides is 2. The van der Waals surface area contributed by atoms with Gasteiger partial charge in [-0.05, 0) is 7.05 Å². The molecule has 0 aromatic heterocycles. The van der Waals surface area contributed by atoms with Crippen molar-refractivity contribution in [1.29, 1.82) is 0 Å². The first-order chi connectivity index (χ1) is 16.9. The van der Waals surface area contributed by atoms with Crippen LogP contribution in [0.3, 0.4) is 0 Å². The lowest BCUT2D eigenvalue weighted by Crippen LogP contribution is -2.67. The van der Waals surface area contributed by atoms with E-state index in [-0.39, 0.29) is 26.2 Å². The summed E-state index contributed by atoms with van der Waals surface area (Å²) in [6, 6.07) is -2.53. The second-order valence-corrected chi connectivity index (χ2v) is 7.81. The number of nitrogens with one attached hydrogen (secondary N) is 1. The topological polar surface area (TPSA) is 200 Å². The molecule has 1 aliphatic rings. The molecular formula is C20H32N4O12. The molecular weight excluding hydrogens is 488 g/mol. The smallest absolute Gasteiger partial charge is 0.341 e. The Bertz CT molecular complexity index is 810. The molecule has 0 bridgehead atoms. The highest BCUT2D eigenvalue weighted by Crippen LogP contribution is 2.28. The van der Waals surface area contributed by atoms with E-state index in [4.69, 9.17) is 28.8 Å². The number of aliphatic hydroxyl groups is 1. The molecule has 2 N–H and O–H groups in total. The number of hydrogen-bond donors (Lipinski definition) is 2. The minimum atomic E-state index is -1.60. The fraction of sp³-hybridized carbons (Fsp3) is 0.750. The Morgan fingerprint density at radius 3 is 1.97 bits per heavy atom. The zero-order valence-electron chi connectivity index (χ0n) is 20.7. The van der Waals surface area contributed by atoms with E-state index in [0.717, 1.165) is 27.7 Å². The van der Waals surface area contributed by atoms with E-state index in [1.807, 2.05) is 0 Å². The lowest BCUT2D eigenvalue weighted by molar-refractivity contribution is -0.270. The van der Waals surface area contributed by atoms with Gasteiger partial charge in [-0.25, -0.2) is 4.79 Å². The van der Waals surface area contributed by atoms with E-state index in [2.05, 4.69) is 10.6 Å². The molecule has 1 rings (SSSR count). The Hall–Kier alpha value is -3.37. The Kier molecular flexibility index (Phi) is 12.7. The molecule has 1 saturated heterocycles. The first-order valence-corrected chi connectivity index (χ1v) is 10.9. The molecule has 204 valence electrons. The number of nitroso groups, excluding NO2 is 1. The quantitative estimate of drug-likeness (QED) is 0.133. The number of ether oxygens (including phenoxy) is 5. The molecule has 0 spiro atoms. The molecule has 0 radical (unpaired) electrons. The van der Waals surface area contributed by atoms with Crippen LogP contribution in [0.25, 0.3) is 0 Å². The highest BCUT2D eigenvalue weighted by Gasteiger charge is 2.52. The van der Waals surface area contributed by atoms with Gasteiger partial charge < -0.3 is 39.0 Å². The third kappa shape index (κ3) is 10.1. The largest absolute Gasteiger partial charge is 0.463 e. The molecule has 0 aliphatic carbocycles. The number of hydrogen-bond acceptors (Lipinski definition) is 14. The maximum absolute atomic E-state index is 12.8. The molecule has 1 aliphatic heterocycles. The summed E-state index contributed by atoms with van der Waals surface area (Å²) in [5.41, 5.74) is 0. The summed E-state index contributed by atoms with van der Waals surface area (Å²) in [5, 5.41) is 14.6. The van der Waals surface area contributed by atoms with Crippen molar-refractivity contribution in [2.45, 2.75) is 58.3 Å². The first kappa shape index (κ1) is 30.7. The van der Waals surface area contributed by atoms with E-state index in [1.54, 1.807) is 11.9 Å². The standard InChI is InChI=1S/C20H32N4O12/c1-11(26)32-10-15-17(33-12(2)27)18(34-13(3)28)16(19(36-15)35-14(4)29)21-20(30)24(22-31)7-6-23(5)8-9-25/h15-19,25H,6-10H2,1-5H3,(H,21,30). The maximum Gasteiger partial charge on any atom is 0.341 e. The van der Waals surface area contributed by atoms with Gasteiger partial charge in [-0.1, -0.05) is 0 Å². The van der Waals surface area contributed by atoms with E-state index >= 15 is 0 Å². The SMILES string of the molecule is CC(=O)OCC1OC(OC(C)=O)C(NC(=O)N(CCN(C)CCO)N=O)C(OC(C)=O)C1OC(C)=O. The van der Waals surface area contributed by atoms with Gasteiger partial charge in [-0.15, -0.1) is 4.91 Å². The normalized spacial score (nSPS) is 23.2. The van der Waals surface area contributed by atoms with Crippen LogP contribution in [0.5, 0.6) is 0 Å². The molecule has 36 heavy (non-hydrogen) atoms. The molecule has 0 saturated carbocycles. The number of carbonyl (C=O) groups is 5. The number of esters is 4. The van der Waals surface area contributed by atoms with Crippen LogP contribution in [0.2, 0.25) is 0 Å². The number of likely N-dealkylation sites (N-methyl/N-ethyl adjacent to an activating group) is 1. The Balaban J connectivity index is 3.30. The third-order valence-electron chi connectivity index (χ3n) is 4.78. The molecule has 1 fully saturated rings. The van der Waals surface area contributed by atoms with Crippen molar-refractivity contribution < 1.29 is 52.8 Å². The average molecular weight is 520 g/mol. The lowest BCUT2D eigenvalue weighted by Gasteiger charge is -2.44. The summed E-state index contributed by atoms with van der Waals surface area (Å²) in [6.07, 6.45) is -5.75. The Labute approximate surface area is 207 Å². The summed E-state index contributed by atoms with van der Waals surface area (Å²) in [5.74, 6) is -3.19. The first-order valence-electron chi connectivity index (χ1n) is 10.9. The predicted molar refractivity (Wildman–Crippen MR) is 118 cm³/mol. The second-order valence-electron chi connectivity index (χ2n) is 7.81. The number of rotatable bonds is 12. The van der Waals surface area contributed by atoms with Crippen molar-refractivity contribution >= 4 is 29.9 Å². The average Bonchev–Trinajstić information content (AvgIpc) is 2.76. The van der Waals surface area contributed by atoms with Crippen LogP contribution in [0.1, 0.15) is 27.7 Å². The minimum Gasteiger partial charge on any atom is -0.463 e. The molecule has 5 atom stereocenters. The van der Waals surface area contributed by atoms with Gasteiger partial charge in [0.1, 0.15) is 18.8 Å². The number of aliphatic hydroxyl groups excluding tert-OH is 1. The molecule has 0 aromatic carbocycles.